The smallest absolute Gasteiger partial charge is 0.335 e. The minimum Gasteiger partial charge on any atom is -0.478 e. The molecule has 2 aromatic rings. The molecule has 0 aliphatic rings. The number of halogens is 1. The molecule has 1 amide bonds. The van der Waals surface area contributed by atoms with Crippen molar-refractivity contribution in [2.75, 3.05) is 6.54 Å². The third kappa shape index (κ3) is 5.71. The summed E-state index contributed by atoms with van der Waals surface area (Å²) in [5.41, 5.74) is 1.72. The van der Waals surface area contributed by atoms with Crippen LogP contribution in [0.4, 0.5) is 4.39 Å². The van der Waals surface area contributed by atoms with Gasteiger partial charge in [-0.2, -0.15) is 0 Å². The van der Waals surface area contributed by atoms with Crippen molar-refractivity contribution in [1.29, 1.82) is 0 Å². The van der Waals surface area contributed by atoms with E-state index in [1.807, 2.05) is 13.0 Å². The van der Waals surface area contributed by atoms with E-state index < -0.39 is 5.97 Å². The molecule has 0 fully saturated rings. The largest absolute Gasteiger partial charge is 0.478 e. The Morgan fingerprint density at radius 1 is 1.12 bits per heavy atom. The van der Waals surface area contributed by atoms with Crippen LogP contribution in [0, 0.1) is 11.7 Å². The molecule has 1 unspecified atom stereocenters. The number of carboxylic acid groups (broad SMARTS) is 1. The summed E-state index contributed by atoms with van der Waals surface area (Å²) < 4.78 is 13.6. The molecule has 5 heteroatoms. The van der Waals surface area contributed by atoms with Crippen LogP contribution >= 0.6 is 0 Å². The molecule has 0 radical (unpaired) electrons. The molecule has 0 aliphatic carbocycles. The quantitative estimate of drug-likeness (QED) is 0.771. The van der Waals surface area contributed by atoms with E-state index in [0.29, 0.717) is 31.4 Å². The summed E-state index contributed by atoms with van der Waals surface area (Å²) >= 11 is 0. The molecule has 0 saturated heterocycles. The van der Waals surface area contributed by atoms with E-state index in [1.165, 1.54) is 12.1 Å². The third-order valence-corrected chi connectivity index (χ3v) is 4.14. The van der Waals surface area contributed by atoms with Crippen LogP contribution < -0.4 is 5.32 Å². The zero-order valence-corrected chi connectivity index (χ0v) is 14.2. The molecule has 0 saturated carbocycles. The van der Waals surface area contributed by atoms with E-state index in [2.05, 4.69) is 5.32 Å². The fourth-order valence-corrected chi connectivity index (χ4v) is 2.57. The Labute approximate surface area is 146 Å². The lowest BCUT2D eigenvalue weighted by Crippen LogP contribution is -2.31. The summed E-state index contributed by atoms with van der Waals surface area (Å²) in [6, 6.07) is 13.3. The number of aryl methyl sites for hydroxylation is 1. The van der Waals surface area contributed by atoms with Crippen LogP contribution in [0.5, 0.6) is 0 Å². The van der Waals surface area contributed by atoms with Gasteiger partial charge in [0.2, 0.25) is 5.91 Å². The number of carbonyl (C=O) groups excluding carboxylic acids is 1. The first-order valence-electron chi connectivity index (χ1n) is 8.30. The molecule has 0 aliphatic heterocycles. The molecule has 25 heavy (non-hydrogen) atoms. The highest BCUT2D eigenvalue weighted by atomic mass is 19.1. The lowest BCUT2D eigenvalue weighted by atomic mass is 10.00. The molecule has 0 aromatic heterocycles. The number of aromatic carboxylic acids is 1. The molecule has 1 atom stereocenters. The molecule has 4 nitrogen and oxygen atoms in total. The SMILES string of the molecule is CC(CCc1ccccc1F)C(=O)NCCc1cccc(C(=O)O)c1. The standard InChI is InChI=1S/C20H22FNO3/c1-14(9-10-16-6-2-3-8-18(16)21)19(23)22-12-11-15-5-4-7-17(13-15)20(24)25/h2-8,13-14H,9-12H2,1H3,(H,22,23)(H,24,25). The van der Waals surface area contributed by atoms with Gasteiger partial charge in [-0.3, -0.25) is 4.79 Å². The normalized spacial score (nSPS) is 11.8. The summed E-state index contributed by atoms with van der Waals surface area (Å²) in [4.78, 5) is 23.1. The zero-order valence-electron chi connectivity index (χ0n) is 14.2. The predicted molar refractivity (Wildman–Crippen MR) is 94.0 cm³/mol. The van der Waals surface area contributed by atoms with Gasteiger partial charge in [-0.15, -0.1) is 0 Å². The van der Waals surface area contributed by atoms with Crippen LogP contribution in [0.15, 0.2) is 48.5 Å². The van der Waals surface area contributed by atoms with Crippen molar-refractivity contribution in [2.24, 2.45) is 5.92 Å². The van der Waals surface area contributed by atoms with Gasteiger partial charge in [0.25, 0.3) is 0 Å². The Morgan fingerprint density at radius 3 is 2.60 bits per heavy atom. The predicted octanol–water partition coefficient (Wildman–Crippen LogP) is 3.45. The highest BCUT2D eigenvalue weighted by Gasteiger charge is 2.13. The van der Waals surface area contributed by atoms with Crippen LogP contribution in [0.1, 0.15) is 34.8 Å². The van der Waals surface area contributed by atoms with Gasteiger partial charge in [-0.05, 0) is 48.6 Å². The van der Waals surface area contributed by atoms with Crippen molar-refractivity contribution < 1.29 is 19.1 Å². The van der Waals surface area contributed by atoms with E-state index >= 15 is 0 Å². The second-order valence-electron chi connectivity index (χ2n) is 6.08. The van der Waals surface area contributed by atoms with E-state index in [1.54, 1.807) is 30.3 Å². The first-order valence-corrected chi connectivity index (χ1v) is 8.30. The van der Waals surface area contributed by atoms with Crippen LogP contribution in [0.25, 0.3) is 0 Å². The van der Waals surface area contributed by atoms with Crippen LogP contribution in [0.3, 0.4) is 0 Å². The molecule has 2 rings (SSSR count). The van der Waals surface area contributed by atoms with E-state index in [4.69, 9.17) is 5.11 Å². The Morgan fingerprint density at radius 2 is 1.88 bits per heavy atom. The topological polar surface area (TPSA) is 66.4 Å². The number of benzene rings is 2. The van der Waals surface area contributed by atoms with Gasteiger partial charge in [0.05, 0.1) is 5.56 Å². The Balaban J connectivity index is 1.77. The fourth-order valence-electron chi connectivity index (χ4n) is 2.57. The molecule has 132 valence electrons. The maximum Gasteiger partial charge on any atom is 0.335 e. The van der Waals surface area contributed by atoms with Gasteiger partial charge in [0.15, 0.2) is 0 Å². The van der Waals surface area contributed by atoms with Crippen molar-refractivity contribution in [1.82, 2.24) is 5.32 Å². The van der Waals surface area contributed by atoms with E-state index in [-0.39, 0.29) is 23.2 Å². The second kappa shape index (κ2) is 8.97. The Kier molecular flexibility index (Phi) is 6.69. The number of amides is 1. The number of carbonyl (C=O) groups is 2. The van der Waals surface area contributed by atoms with Crippen molar-refractivity contribution in [3.63, 3.8) is 0 Å². The third-order valence-electron chi connectivity index (χ3n) is 4.14. The number of hydrogen-bond acceptors (Lipinski definition) is 2. The summed E-state index contributed by atoms with van der Waals surface area (Å²) in [5, 5.41) is 11.8. The Bertz CT molecular complexity index is 745. The molecule has 2 N–H and O–H groups in total. The average molecular weight is 343 g/mol. The van der Waals surface area contributed by atoms with Gasteiger partial charge >= 0.3 is 5.97 Å². The maximum absolute atomic E-state index is 13.6. The highest BCUT2D eigenvalue weighted by Crippen LogP contribution is 2.13. The summed E-state index contributed by atoms with van der Waals surface area (Å²) in [5.74, 6) is -1.50. The summed E-state index contributed by atoms with van der Waals surface area (Å²) in [7, 11) is 0. The first-order chi connectivity index (χ1) is 12.0. The van der Waals surface area contributed by atoms with Crippen molar-refractivity contribution in [2.45, 2.75) is 26.2 Å². The van der Waals surface area contributed by atoms with Gasteiger partial charge in [0.1, 0.15) is 5.82 Å². The second-order valence-corrected chi connectivity index (χ2v) is 6.08. The molecule has 2 aromatic carbocycles. The highest BCUT2D eigenvalue weighted by molar-refractivity contribution is 5.87. The molecule has 0 heterocycles. The van der Waals surface area contributed by atoms with Crippen molar-refractivity contribution in [3.8, 4) is 0 Å². The van der Waals surface area contributed by atoms with Gasteiger partial charge in [-0.1, -0.05) is 37.3 Å². The van der Waals surface area contributed by atoms with Gasteiger partial charge in [-0.25, -0.2) is 9.18 Å². The number of rotatable bonds is 8. The average Bonchev–Trinajstić information content (AvgIpc) is 2.61. The lowest BCUT2D eigenvalue weighted by molar-refractivity contribution is -0.124. The fraction of sp³-hybridized carbons (Fsp3) is 0.300. The van der Waals surface area contributed by atoms with Crippen molar-refractivity contribution >= 4 is 11.9 Å². The lowest BCUT2D eigenvalue weighted by Gasteiger charge is -2.12. The summed E-state index contributed by atoms with van der Waals surface area (Å²) in [6.07, 6.45) is 1.65. The molecular formula is C20H22FNO3. The maximum atomic E-state index is 13.6. The van der Waals surface area contributed by atoms with Crippen molar-refractivity contribution in [3.05, 3.63) is 71.0 Å². The Hall–Kier alpha value is -2.69. The van der Waals surface area contributed by atoms with E-state index in [0.717, 1.165) is 5.56 Å². The zero-order chi connectivity index (χ0) is 18.2. The number of hydrogen-bond donors (Lipinski definition) is 2. The molecular weight excluding hydrogens is 321 g/mol. The minimum absolute atomic E-state index is 0.0780. The van der Waals surface area contributed by atoms with Gasteiger partial charge < -0.3 is 10.4 Å². The van der Waals surface area contributed by atoms with E-state index in [9.17, 15) is 14.0 Å². The van der Waals surface area contributed by atoms with Crippen LogP contribution in [0.2, 0.25) is 0 Å². The van der Waals surface area contributed by atoms with Gasteiger partial charge in [0, 0.05) is 12.5 Å². The monoisotopic (exact) mass is 343 g/mol. The number of carboxylic acids is 1. The molecule has 0 bridgehead atoms. The minimum atomic E-state index is -0.965. The first kappa shape index (κ1) is 18.6. The number of nitrogens with one attached hydrogen (secondary N) is 1. The molecule has 0 spiro atoms. The van der Waals surface area contributed by atoms with Crippen LogP contribution in [-0.4, -0.2) is 23.5 Å². The summed E-state index contributed by atoms with van der Waals surface area (Å²) in [6.45, 7) is 2.26. The van der Waals surface area contributed by atoms with Crippen LogP contribution in [-0.2, 0) is 17.6 Å².